The molecular weight excluding hydrogens is 543 g/mol. The minimum absolute atomic E-state index is 0.169. The monoisotopic (exact) mass is 572 g/mol. The highest BCUT2D eigenvalue weighted by Gasteiger charge is 2.22. The lowest BCUT2D eigenvalue weighted by Gasteiger charge is -2.17. The zero-order chi connectivity index (χ0) is 29.7. The summed E-state index contributed by atoms with van der Waals surface area (Å²) in [6.45, 7) is 0.169. The van der Waals surface area contributed by atoms with Gasteiger partial charge in [0, 0.05) is 39.1 Å². The van der Waals surface area contributed by atoms with E-state index in [-0.39, 0.29) is 6.71 Å². The summed E-state index contributed by atoms with van der Waals surface area (Å²) < 4.78 is 4.74. The molecule has 2 nitrogen and oxygen atoms in total. The average molecular weight is 573 g/mol. The Labute approximate surface area is 262 Å². The standard InChI is InChI=1S/C42H29BN2/c1-4-12-30(13-5-1)43(31-14-6-2-7-15-31)32-20-22-34(23-21-32)45-41-19-11-10-18-36(41)39-25-24-35-37-28-29-44(33-16-8-3-9-17-33)40(37)27-26-38(35)42(39)45/h1-29H. The minimum atomic E-state index is 0.169. The Kier molecular flexibility index (Phi) is 5.95. The van der Waals surface area contributed by atoms with Gasteiger partial charge in [-0.15, -0.1) is 0 Å². The van der Waals surface area contributed by atoms with Crippen LogP contribution in [-0.4, -0.2) is 15.8 Å². The second kappa shape index (κ2) is 10.4. The van der Waals surface area contributed by atoms with Crippen LogP contribution in [0, 0.1) is 0 Å². The molecule has 9 rings (SSSR count). The van der Waals surface area contributed by atoms with Crippen molar-refractivity contribution in [3.63, 3.8) is 0 Å². The molecule has 0 N–H and O–H groups in total. The summed E-state index contributed by atoms with van der Waals surface area (Å²) in [6.07, 6.45) is 2.19. The Morgan fingerprint density at radius 1 is 0.333 bits per heavy atom. The molecule has 7 aromatic carbocycles. The number of aromatic nitrogens is 2. The fraction of sp³-hybridized carbons (Fsp3) is 0. The largest absolute Gasteiger partial charge is 0.317 e. The molecule has 0 saturated heterocycles. The summed E-state index contributed by atoms with van der Waals surface area (Å²) in [5.41, 5.74) is 9.90. The van der Waals surface area contributed by atoms with Gasteiger partial charge >= 0.3 is 0 Å². The quantitative estimate of drug-likeness (QED) is 0.183. The van der Waals surface area contributed by atoms with Crippen LogP contribution in [0.1, 0.15) is 0 Å². The lowest BCUT2D eigenvalue weighted by molar-refractivity contribution is 1.13. The van der Waals surface area contributed by atoms with Gasteiger partial charge in [-0.05, 0) is 47.9 Å². The van der Waals surface area contributed by atoms with Gasteiger partial charge in [0.1, 0.15) is 0 Å². The summed E-state index contributed by atoms with van der Waals surface area (Å²) in [7, 11) is 0. The number of rotatable bonds is 5. The van der Waals surface area contributed by atoms with Gasteiger partial charge in [-0.3, -0.25) is 0 Å². The molecule has 0 bridgehead atoms. The molecule has 2 aromatic heterocycles. The van der Waals surface area contributed by atoms with E-state index in [2.05, 4.69) is 185 Å². The molecule has 210 valence electrons. The maximum Gasteiger partial charge on any atom is 0.241 e. The van der Waals surface area contributed by atoms with Crippen molar-refractivity contribution in [3.8, 4) is 11.4 Å². The molecule has 0 aliphatic carbocycles. The molecule has 0 aliphatic rings. The lowest BCUT2D eigenvalue weighted by Crippen LogP contribution is -2.51. The molecule has 0 spiro atoms. The number of benzene rings is 7. The van der Waals surface area contributed by atoms with Crippen LogP contribution in [-0.2, 0) is 0 Å². The number of hydrogen-bond acceptors (Lipinski definition) is 0. The fourth-order valence-corrected chi connectivity index (χ4v) is 7.26. The third kappa shape index (κ3) is 4.12. The van der Waals surface area contributed by atoms with Gasteiger partial charge in [-0.1, -0.05) is 144 Å². The molecule has 0 saturated carbocycles. The van der Waals surface area contributed by atoms with Gasteiger partial charge in [0.2, 0.25) is 6.71 Å². The van der Waals surface area contributed by atoms with E-state index < -0.39 is 0 Å². The third-order valence-corrected chi connectivity index (χ3v) is 9.28. The van der Waals surface area contributed by atoms with Crippen molar-refractivity contribution in [1.82, 2.24) is 9.13 Å². The van der Waals surface area contributed by atoms with E-state index in [9.17, 15) is 0 Å². The number of nitrogens with zero attached hydrogens (tertiary/aromatic N) is 2. The zero-order valence-corrected chi connectivity index (χ0v) is 24.7. The Balaban J connectivity index is 1.25. The van der Waals surface area contributed by atoms with Gasteiger partial charge in [0.25, 0.3) is 0 Å². The highest BCUT2D eigenvalue weighted by molar-refractivity contribution is 6.95. The molecule has 0 amide bonds. The fourth-order valence-electron chi connectivity index (χ4n) is 7.26. The van der Waals surface area contributed by atoms with Crippen LogP contribution in [0.5, 0.6) is 0 Å². The van der Waals surface area contributed by atoms with Gasteiger partial charge < -0.3 is 9.13 Å². The Hall–Kier alpha value is -5.80. The summed E-state index contributed by atoms with van der Waals surface area (Å²) in [4.78, 5) is 0. The molecule has 0 fully saturated rings. The van der Waals surface area contributed by atoms with Gasteiger partial charge in [-0.2, -0.15) is 0 Å². The molecule has 0 aliphatic heterocycles. The number of hydrogen-bond donors (Lipinski definition) is 0. The maximum atomic E-state index is 2.46. The van der Waals surface area contributed by atoms with Crippen molar-refractivity contribution >= 4 is 66.6 Å². The maximum absolute atomic E-state index is 2.46. The Bertz CT molecular complexity index is 2420. The molecule has 3 heteroatoms. The molecule has 0 atom stereocenters. The van der Waals surface area contributed by atoms with E-state index in [0.29, 0.717) is 0 Å². The zero-order valence-electron chi connectivity index (χ0n) is 24.7. The van der Waals surface area contributed by atoms with Crippen LogP contribution in [0.4, 0.5) is 0 Å². The first-order valence-electron chi connectivity index (χ1n) is 15.6. The molecule has 0 radical (unpaired) electrons. The van der Waals surface area contributed by atoms with Crippen molar-refractivity contribution in [2.45, 2.75) is 0 Å². The molecule has 0 unspecified atom stereocenters. The van der Waals surface area contributed by atoms with Crippen LogP contribution < -0.4 is 16.4 Å². The highest BCUT2D eigenvalue weighted by atomic mass is 15.0. The first kappa shape index (κ1) is 25.7. The van der Waals surface area contributed by atoms with Crippen molar-refractivity contribution in [2.75, 3.05) is 0 Å². The van der Waals surface area contributed by atoms with Crippen LogP contribution in [0.2, 0.25) is 0 Å². The van der Waals surface area contributed by atoms with E-state index in [4.69, 9.17) is 0 Å². The number of para-hydroxylation sites is 2. The van der Waals surface area contributed by atoms with Gasteiger partial charge in [0.05, 0.1) is 16.6 Å². The smallest absolute Gasteiger partial charge is 0.241 e. The summed E-state index contributed by atoms with van der Waals surface area (Å²) in [5.74, 6) is 0. The van der Waals surface area contributed by atoms with Crippen LogP contribution in [0.3, 0.4) is 0 Å². The molecule has 2 heterocycles. The van der Waals surface area contributed by atoms with Crippen molar-refractivity contribution in [3.05, 3.63) is 176 Å². The van der Waals surface area contributed by atoms with Crippen LogP contribution in [0.25, 0.3) is 54.9 Å². The summed E-state index contributed by atoms with van der Waals surface area (Å²) >= 11 is 0. The van der Waals surface area contributed by atoms with Crippen molar-refractivity contribution in [1.29, 1.82) is 0 Å². The highest BCUT2D eigenvalue weighted by Crippen LogP contribution is 2.39. The van der Waals surface area contributed by atoms with E-state index in [1.54, 1.807) is 0 Å². The number of fused-ring (bicyclic) bond motifs is 7. The van der Waals surface area contributed by atoms with Crippen LogP contribution in [0.15, 0.2) is 176 Å². The first-order chi connectivity index (χ1) is 22.3. The van der Waals surface area contributed by atoms with E-state index >= 15 is 0 Å². The van der Waals surface area contributed by atoms with Crippen molar-refractivity contribution in [2.24, 2.45) is 0 Å². The lowest BCUT2D eigenvalue weighted by atomic mass is 9.37. The topological polar surface area (TPSA) is 9.86 Å². The van der Waals surface area contributed by atoms with E-state index in [1.807, 2.05) is 0 Å². The second-order valence-electron chi connectivity index (χ2n) is 11.8. The Morgan fingerprint density at radius 2 is 0.867 bits per heavy atom. The SMILES string of the molecule is c1ccc(B(c2ccccc2)c2ccc(-n3c4ccccc4c4ccc5c6ccn(-c7ccccc7)c6ccc5c43)cc2)cc1. The summed E-state index contributed by atoms with van der Waals surface area (Å²) in [5, 5.41) is 6.34. The van der Waals surface area contributed by atoms with Crippen molar-refractivity contribution < 1.29 is 0 Å². The predicted octanol–water partition coefficient (Wildman–Crippen LogP) is 8.40. The second-order valence-corrected chi connectivity index (χ2v) is 11.8. The molecule has 9 aromatic rings. The molecular formula is C42H29BN2. The average Bonchev–Trinajstić information content (AvgIpc) is 3.70. The third-order valence-electron chi connectivity index (χ3n) is 9.28. The predicted molar refractivity (Wildman–Crippen MR) is 193 cm³/mol. The first-order valence-corrected chi connectivity index (χ1v) is 15.6. The van der Waals surface area contributed by atoms with E-state index in [0.717, 1.165) is 0 Å². The van der Waals surface area contributed by atoms with Crippen LogP contribution >= 0.6 is 0 Å². The Morgan fingerprint density at radius 3 is 1.58 bits per heavy atom. The van der Waals surface area contributed by atoms with E-state index in [1.165, 1.54) is 71.2 Å². The summed E-state index contributed by atoms with van der Waals surface area (Å²) in [6, 6.07) is 61.7. The van der Waals surface area contributed by atoms with Gasteiger partial charge in [0.15, 0.2) is 0 Å². The molecule has 45 heavy (non-hydrogen) atoms. The normalized spacial score (nSPS) is 11.6. The minimum Gasteiger partial charge on any atom is -0.317 e. The van der Waals surface area contributed by atoms with Gasteiger partial charge in [-0.25, -0.2) is 0 Å².